The van der Waals surface area contributed by atoms with Crippen molar-refractivity contribution in [3.8, 4) is 17.2 Å². The highest BCUT2D eigenvalue weighted by atomic mass is 32.1. The number of aromatic nitrogens is 1. The molecule has 8 nitrogen and oxygen atoms in total. The normalized spacial score (nSPS) is 13.4. The van der Waals surface area contributed by atoms with E-state index in [1.807, 2.05) is 52.7 Å². The van der Waals surface area contributed by atoms with Crippen LogP contribution in [0, 0.1) is 5.82 Å². The summed E-state index contributed by atoms with van der Waals surface area (Å²) in [6, 6.07) is 20.2. The molecule has 3 aromatic carbocycles. The number of benzene rings is 3. The topological polar surface area (TPSA) is 67.4 Å². The van der Waals surface area contributed by atoms with Crippen molar-refractivity contribution in [3.63, 3.8) is 0 Å². The highest BCUT2D eigenvalue weighted by molar-refractivity contribution is 7.09. The molecule has 4 aromatic rings. The fourth-order valence-corrected chi connectivity index (χ4v) is 5.92. The van der Waals surface area contributed by atoms with Gasteiger partial charge in [0.2, 0.25) is 0 Å². The molecule has 0 spiro atoms. The van der Waals surface area contributed by atoms with Crippen molar-refractivity contribution in [1.82, 2.24) is 14.8 Å². The molecule has 42 heavy (non-hydrogen) atoms. The lowest BCUT2D eigenvalue weighted by molar-refractivity contribution is 0.0741. The highest BCUT2D eigenvalue weighted by Crippen LogP contribution is 2.29. The molecule has 0 N–H and O–H groups in total. The van der Waals surface area contributed by atoms with Gasteiger partial charge >= 0.3 is 0 Å². The molecule has 0 bridgehead atoms. The van der Waals surface area contributed by atoms with Crippen LogP contribution in [-0.2, 0) is 19.6 Å². The number of carbonyl (C=O) groups is 1. The molecule has 2 heterocycles. The van der Waals surface area contributed by atoms with E-state index in [0.29, 0.717) is 44.2 Å². The lowest BCUT2D eigenvalue weighted by Crippen LogP contribution is -2.49. The molecular weight excluding hydrogens is 555 g/mol. The number of hydrogen-bond acceptors (Lipinski definition) is 8. The number of amides is 1. The summed E-state index contributed by atoms with van der Waals surface area (Å²) in [7, 11) is 4.93. The summed E-state index contributed by atoms with van der Waals surface area (Å²) < 4.78 is 30.1. The Hall–Kier alpha value is -4.15. The minimum absolute atomic E-state index is 0.0564. The van der Waals surface area contributed by atoms with Gasteiger partial charge in [0.1, 0.15) is 33.8 Å². The molecule has 1 saturated heterocycles. The van der Waals surface area contributed by atoms with Gasteiger partial charge in [0.15, 0.2) is 0 Å². The maximum atomic E-state index is 13.6. The summed E-state index contributed by atoms with van der Waals surface area (Å²) in [4.78, 5) is 24.4. The Labute approximate surface area is 249 Å². The smallest absolute Gasteiger partial charge is 0.273 e. The third kappa shape index (κ3) is 7.00. The van der Waals surface area contributed by atoms with Gasteiger partial charge in [-0.3, -0.25) is 9.69 Å². The summed E-state index contributed by atoms with van der Waals surface area (Å²) in [5.41, 5.74) is 3.47. The van der Waals surface area contributed by atoms with Gasteiger partial charge in [0.25, 0.3) is 5.91 Å². The van der Waals surface area contributed by atoms with Gasteiger partial charge in [0, 0.05) is 56.3 Å². The number of piperazine rings is 1. The van der Waals surface area contributed by atoms with Crippen LogP contribution in [0.2, 0.25) is 0 Å². The first-order chi connectivity index (χ1) is 20.5. The molecule has 1 fully saturated rings. The number of thiazole rings is 1. The number of hydrogen-bond donors (Lipinski definition) is 0. The van der Waals surface area contributed by atoms with Gasteiger partial charge < -0.3 is 24.0 Å². The maximum Gasteiger partial charge on any atom is 0.273 e. The van der Waals surface area contributed by atoms with Crippen LogP contribution >= 0.6 is 11.3 Å². The zero-order valence-corrected chi connectivity index (χ0v) is 24.9. The summed E-state index contributed by atoms with van der Waals surface area (Å²) >= 11 is 1.47. The second-order valence-corrected chi connectivity index (χ2v) is 11.0. The quantitative estimate of drug-likeness (QED) is 0.229. The third-order valence-corrected chi connectivity index (χ3v) is 8.16. The number of methoxy groups -OCH3 is 3. The summed E-state index contributed by atoms with van der Waals surface area (Å²) in [6.45, 7) is 4.32. The molecule has 0 atom stereocenters. The largest absolute Gasteiger partial charge is 0.497 e. The molecule has 5 rings (SSSR count). The molecule has 1 amide bonds. The minimum atomic E-state index is -0.269. The highest BCUT2D eigenvalue weighted by Gasteiger charge is 2.25. The van der Waals surface area contributed by atoms with Gasteiger partial charge in [-0.1, -0.05) is 30.3 Å². The number of nitrogens with zero attached hydrogens (tertiary/aromatic N) is 4. The number of para-hydroxylation sites is 2. The number of halogens is 1. The molecular formula is C32H35FN4O4S. The minimum Gasteiger partial charge on any atom is -0.497 e. The van der Waals surface area contributed by atoms with Crippen molar-refractivity contribution >= 4 is 22.9 Å². The lowest BCUT2D eigenvalue weighted by atomic mass is 10.1. The summed E-state index contributed by atoms with van der Waals surface area (Å²) in [6.07, 6.45) is 0. The van der Waals surface area contributed by atoms with E-state index >= 15 is 0 Å². The average Bonchev–Trinajstić information content (AvgIpc) is 3.50. The van der Waals surface area contributed by atoms with Crippen molar-refractivity contribution in [1.29, 1.82) is 0 Å². The van der Waals surface area contributed by atoms with Crippen molar-refractivity contribution < 1.29 is 23.4 Å². The van der Waals surface area contributed by atoms with E-state index in [9.17, 15) is 9.18 Å². The zero-order chi connectivity index (χ0) is 29.5. The van der Waals surface area contributed by atoms with Crippen molar-refractivity contribution in [3.05, 3.63) is 99.8 Å². The Morgan fingerprint density at radius 2 is 1.62 bits per heavy atom. The lowest BCUT2D eigenvalue weighted by Gasteiger charge is -2.36. The van der Waals surface area contributed by atoms with Crippen LogP contribution in [0.15, 0.2) is 72.1 Å². The van der Waals surface area contributed by atoms with E-state index in [-0.39, 0.29) is 11.7 Å². The van der Waals surface area contributed by atoms with Gasteiger partial charge in [-0.25, -0.2) is 9.37 Å². The second-order valence-electron chi connectivity index (χ2n) is 10.0. The number of anilines is 1. The summed E-state index contributed by atoms with van der Waals surface area (Å²) in [5, 5.41) is 2.68. The van der Waals surface area contributed by atoms with E-state index < -0.39 is 0 Å². The van der Waals surface area contributed by atoms with E-state index in [0.717, 1.165) is 46.4 Å². The second kappa shape index (κ2) is 13.7. The predicted molar refractivity (Wildman–Crippen MR) is 162 cm³/mol. The molecule has 1 aromatic heterocycles. The molecule has 10 heteroatoms. The fraction of sp³-hybridized carbons (Fsp3) is 0.312. The van der Waals surface area contributed by atoms with Crippen molar-refractivity contribution in [2.75, 3.05) is 52.4 Å². The average molecular weight is 591 g/mol. The van der Waals surface area contributed by atoms with Crippen LogP contribution in [0.25, 0.3) is 0 Å². The summed E-state index contributed by atoms with van der Waals surface area (Å²) in [5.74, 6) is 1.94. The molecule has 0 radical (unpaired) electrons. The van der Waals surface area contributed by atoms with Gasteiger partial charge in [0.05, 0.1) is 33.6 Å². The Bertz CT molecular complexity index is 1490. The van der Waals surface area contributed by atoms with E-state index in [1.54, 1.807) is 33.5 Å². The number of ether oxygens (including phenoxy) is 3. The number of rotatable bonds is 11. The van der Waals surface area contributed by atoms with E-state index in [4.69, 9.17) is 19.2 Å². The Balaban J connectivity index is 1.27. The molecule has 0 aliphatic carbocycles. The van der Waals surface area contributed by atoms with Crippen LogP contribution in [0.3, 0.4) is 0 Å². The first-order valence-electron chi connectivity index (χ1n) is 13.8. The predicted octanol–water partition coefficient (Wildman–Crippen LogP) is 5.47. The molecule has 1 aliphatic heterocycles. The number of carbonyl (C=O) groups excluding carboxylic acids is 1. The third-order valence-electron chi connectivity index (χ3n) is 7.33. The van der Waals surface area contributed by atoms with Crippen molar-refractivity contribution in [2.45, 2.75) is 19.6 Å². The fourth-order valence-electron chi connectivity index (χ4n) is 5.12. The molecule has 1 aliphatic rings. The van der Waals surface area contributed by atoms with Gasteiger partial charge in [-0.15, -0.1) is 11.3 Å². The maximum absolute atomic E-state index is 13.6. The van der Waals surface area contributed by atoms with Gasteiger partial charge in [-0.2, -0.15) is 0 Å². The van der Waals surface area contributed by atoms with Crippen LogP contribution < -0.4 is 19.1 Å². The van der Waals surface area contributed by atoms with Crippen LogP contribution in [-0.4, -0.2) is 68.2 Å². The van der Waals surface area contributed by atoms with Crippen LogP contribution in [0.5, 0.6) is 17.2 Å². The Morgan fingerprint density at radius 1 is 0.881 bits per heavy atom. The Kier molecular flexibility index (Phi) is 9.55. The van der Waals surface area contributed by atoms with Gasteiger partial charge in [-0.05, 0) is 35.9 Å². The van der Waals surface area contributed by atoms with E-state index in [1.165, 1.54) is 23.5 Å². The zero-order valence-electron chi connectivity index (χ0n) is 24.1. The standard InChI is InChI=1S/C32H35FN4O4S/c1-39-26-13-10-24(30(18-26)41-3)20-35(19-23-8-11-25(33)12-9-23)21-31-34-27(22-42-31)32(38)37-16-14-36(15-17-37)28-6-4-5-7-29(28)40-2/h4-13,18,22H,14-17,19-21H2,1-3H3. The van der Waals surface area contributed by atoms with Crippen LogP contribution in [0.1, 0.15) is 26.6 Å². The monoisotopic (exact) mass is 590 g/mol. The Morgan fingerprint density at radius 3 is 2.33 bits per heavy atom. The van der Waals surface area contributed by atoms with E-state index in [2.05, 4.69) is 9.80 Å². The first-order valence-corrected chi connectivity index (χ1v) is 14.6. The molecule has 0 saturated carbocycles. The SMILES string of the molecule is COc1ccc(CN(Cc2ccc(F)cc2)Cc2nc(C(=O)N3CCN(c4ccccc4OC)CC3)cs2)c(OC)c1. The molecule has 220 valence electrons. The first kappa shape index (κ1) is 29.3. The van der Waals surface area contributed by atoms with Crippen molar-refractivity contribution in [2.24, 2.45) is 0 Å². The van der Waals surface area contributed by atoms with Crippen LogP contribution in [0.4, 0.5) is 10.1 Å². The molecule has 0 unspecified atom stereocenters.